The molecule has 0 N–H and O–H groups in total. The van der Waals surface area contributed by atoms with Crippen LogP contribution in [0.3, 0.4) is 0 Å². The molecule has 0 heterocycles. The van der Waals surface area contributed by atoms with Crippen LogP contribution in [-0.2, 0) is 6.42 Å². The van der Waals surface area contributed by atoms with Gasteiger partial charge in [0.05, 0.1) is 0 Å². The van der Waals surface area contributed by atoms with Gasteiger partial charge in [0.1, 0.15) is 0 Å². The van der Waals surface area contributed by atoms with Gasteiger partial charge in [-0.3, -0.25) is 4.79 Å². The second-order valence-corrected chi connectivity index (χ2v) is 4.71. The molecule has 2 heteroatoms. The van der Waals surface area contributed by atoms with Gasteiger partial charge in [-0.1, -0.05) is 42.5 Å². The Morgan fingerprint density at radius 3 is 2.39 bits per heavy atom. The van der Waals surface area contributed by atoms with Crippen LogP contribution in [-0.4, -0.2) is 11.5 Å². The van der Waals surface area contributed by atoms with Crippen molar-refractivity contribution in [3.05, 3.63) is 59.7 Å². The molecule has 0 aliphatic carbocycles. The molecule has 18 heavy (non-hydrogen) atoms. The van der Waals surface area contributed by atoms with E-state index in [1.807, 2.05) is 30.3 Å². The first-order valence-electron chi connectivity index (χ1n) is 6.02. The minimum atomic E-state index is 0.115. The number of carbonyl (C=O) groups excluding carboxylic acids is 1. The molecular weight excluding hydrogens is 240 g/mol. The Labute approximate surface area is 113 Å². The molecule has 92 valence electrons. The smallest absolute Gasteiger partial charge is 0.160 e. The number of rotatable bonds is 4. The van der Waals surface area contributed by atoms with Crippen molar-refractivity contribution in [1.82, 2.24) is 0 Å². The number of carbonyl (C=O) groups is 1. The van der Waals surface area contributed by atoms with Crippen molar-refractivity contribution >= 4 is 18.4 Å². The van der Waals surface area contributed by atoms with Crippen LogP contribution in [0.25, 0.3) is 11.1 Å². The largest absolute Gasteiger partial charge is 0.295 e. The van der Waals surface area contributed by atoms with E-state index in [2.05, 4.69) is 30.8 Å². The van der Waals surface area contributed by atoms with Crippen molar-refractivity contribution < 1.29 is 4.79 Å². The second-order valence-electron chi connectivity index (χ2n) is 4.27. The Morgan fingerprint density at radius 2 is 1.78 bits per heavy atom. The summed E-state index contributed by atoms with van der Waals surface area (Å²) in [5.41, 5.74) is 4.11. The monoisotopic (exact) mass is 256 g/mol. The maximum Gasteiger partial charge on any atom is 0.160 e. The molecule has 2 rings (SSSR count). The molecule has 0 atom stereocenters. The van der Waals surface area contributed by atoms with Gasteiger partial charge in [0.25, 0.3) is 0 Å². The number of thiol groups is 1. The van der Waals surface area contributed by atoms with Crippen molar-refractivity contribution in [2.24, 2.45) is 0 Å². The van der Waals surface area contributed by atoms with E-state index < -0.39 is 0 Å². The minimum Gasteiger partial charge on any atom is -0.295 e. The lowest BCUT2D eigenvalue weighted by atomic mass is 9.96. The first-order valence-corrected chi connectivity index (χ1v) is 6.66. The number of hydrogen-bond donors (Lipinski definition) is 1. The van der Waals surface area contributed by atoms with E-state index in [4.69, 9.17) is 0 Å². The van der Waals surface area contributed by atoms with E-state index >= 15 is 0 Å². The third-order valence-electron chi connectivity index (χ3n) is 2.98. The summed E-state index contributed by atoms with van der Waals surface area (Å²) in [5, 5.41) is 0. The fraction of sp³-hybridized carbons (Fsp3) is 0.188. The summed E-state index contributed by atoms with van der Waals surface area (Å²) in [6.07, 6.45) is 0.826. The lowest BCUT2D eigenvalue weighted by molar-refractivity contribution is 0.101. The third-order valence-corrected chi connectivity index (χ3v) is 3.20. The van der Waals surface area contributed by atoms with Gasteiger partial charge in [0, 0.05) is 5.56 Å². The fourth-order valence-electron chi connectivity index (χ4n) is 2.05. The van der Waals surface area contributed by atoms with Gasteiger partial charge in [0.2, 0.25) is 0 Å². The van der Waals surface area contributed by atoms with Crippen LogP contribution in [0.5, 0.6) is 0 Å². The molecule has 0 aliphatic rings. The Kier molecular flexibility index (Phi) is 4.21. The van der Waals surface area contributed by atoms with Crippen molar-refractivity contribution in [1.29, 1.82) is 0 Å². The molecular formula is C16H16OS. The van der Waals surface area contributed by atoms with E-state index in [0.717, 1.165) is 34.4 Å². The zero-order valence-electron chi connectivity index (χ0n) is 10.4. The van der Waals surface area contributed by atoms with Gasteiger partial charge < -0.3 is 0 Å². The minimum absolute atomic E-state index is 0.115. The van der Waals surface area contributed by atoms with Gasteiger partial charge in [-0.15, -0.1) is 0 Å². The van der Waals surface area contributed by atoms with Crippen LogP contribution in [0.1, 0.15) is 22.8 Å². The SMILES string of the molecule is CC(=O)c1cc(-c2ccccc2)ccc1CCS. The molecule has 0 saturated heterocycles. The van der Waals surface area contributed by atoms with Crippen LogP contribution in [0.4, 0.5) is 0 Å². The first kappa shape index (κ1) is 12.9. The molecule has 2 aromatic carbocycles. The zero-order valence-corrected chi connectivity index (χ0v) is 11.3. The maximum atomic E-state index is 11.7. The molecule has 0 unspecified atom stereocenters. The predicted octanol–water partition coefficient (Wildman–Crippen LogP) is 4.03. The van der Waals surface area contributed by atoms with E-state index in [9.17, 15) is 4.79 Å². The molecule has 2 aromatic rings. The van der Waals surface area contributed by atoms with Crippen LogP contribution >= 0.6 is 12.6 Å². The number of benzene rings is 2. The van der Waals surface area contributed by atoms with E-state index in [0.29, 0.717) is 0 Å². The summed E-state index contributed by atoms with van der Waals surface area (Å²) < 4.78 is 0. The highest BCUT2D eigenvalue weighted by molar-refractivity contribution is 7.80. The Hall–Kier alpha value is -1.54. The Morgan fingerprint density at radius 1 is 1.06 bits per heavy atom. The number of hydrogen-bond acceptors (Lipinski definition) is 2. The topological polar surface area (TPSA) is 17.1 Å². The standard InChI is InChI=1S/C16H16OS/c1-12(17)16-11-15(8-7-14(16)9-10-18)13-5-3-2-4-6-13/h2-8,11,18H,9-10H2,1H3. The molecule has 0 saturated carbocycles. The summed E-state index contributed by atoms with van der Waals surface area (Å²) >= 11 is 4.23. The van der Waals surface area contributed by atoms with E-state index in [1.165, 1.54) is 0 Å². The highest BCUT2D eigenvalue weighted by atomic mass is 32.1. The fourth-order valence-corrected chi connectivity index (χ4v) is 2.29. The Bertz CT molecular complexity index is 546. The molecule has 1 nitrogen and oxygen atoms in total. The first-order chi connectivity index (χ1) is 8.72. The average Bonchev–Trinajstić information content (AvgIpc) is 2.40. The highest BCUT2D eigenvalue weighted by Gasteiger charge is 2.08. The van der Waals surface area contributed by atoms with Crippen molar-refractivity contribution in [3.8, 4) is 11.1 Å². The highest BCUT2D eigenvalue weighted by Crippen LogP contribution is 2.23. The van der Waals surface area contributed by atoms with Crippen LogP contribution < -0.4 is 0 Å². The molecule has 0 bridgehead atoms. The van der Waals surface area contributed by atoms with Crippen molar-refractivity contribution in [3.63, 3.8) is 0 Å². The van der Waals surface area contributed by atoms with Gasteiger partial charge in [0.15, 0.2) is 5.78 Å². The van der Waals surface area contributed by atoms with Crippen LogP contribution in [0, 0.1) is 0 Å². The lowest BCUT2D eigenvalue weighted by Crippen LogP contribution is -2.01. The number of Topliss-reactive ketones (excluding diaryl/α,β-unsaturated/α-hetero) is 1. The summed E-state index contributed by atoms with van der Waals surface area (Å²) in [4.78, 5) is 11.7. The van der Waals surface area contributed by atoms with Crippen LogP contribution in [0.2, 0.25) is 0 Å². The van der Waals surface area contributed by atoms with E-state index in [-0.39, 0.29) is 5.78 Å². The van der Waals surface area contributed by atoms with Crippen LogP contribution in [0.15, 0.2) is 48.5 Å². The van der Waals surface area contributed by atoms with Crippen molar-refractivity contribution in [2.75, 3.05) is 5.75 Å². The number of aryl methyl sites for hydroxylation is 1. The molecule has 0 aromatic heterocycles. The summed E-state index contributed by atoms with van der Waals surface area (Å²) in [6.45, 7) is 1.62. The third kappa shape index (κ3) is 2.82. The summed E-state index contributed by atoms with van der Waals surface area (Å²) in [6, 6.07) is 16.2. The predicted molar refractivity (Wildman–Crippen MR) is 79.4 cm³/mol. The van der Waals surface area contributed by atoms with Gasteiger partial charge in [-0.2, -0.15) is 12.6 Å². The summed E-state index contributed by atoms with van der Waals surface area (Å²) in [7, 11) is 0. The van der Waals surface area contributed by atoms with Gasteiger partial charge in [-0.25, -0.2) is 0 Å². The van der Waals surface area contributed by atoms with Gasteiger partial charge in [-0.05, 0) is 41.9 Å². The summed E-state index contributed by atoms with van der Waals surface area (Å²) in [5.74, 6) is 0.870. The van der Waals surface area contributed by atoms with Gasteiger partial charge >= 0.3 is 0 Å². The average molecular weight is 256 g/mol. The quantitative estimate of drug-likeness (QED) is 0.645. The molecule has 0 spiro atoms. The van der Waals surface area contributed by atoms with Crippen molar-refractivity contribution in [2.45, 2.75) is 13.3 Å². The molecule has 0 aliphatic heterocycles. The second kappa shape index (κ2) is 5.87. The molecule has 0 radical (unpaired) electrons. The molecule has 0 amide bonds. The number of ketones is 1. The normalized spacial score (nSPS) is 10.3. The zero-order chi connectivity index (χ0) is 13.0. The molecule has 0 fully saturated rings. The maximum absolute atomic E-state index is 11.7. The Balaban J connectivity index is 2.46. The lowest BCUT2D eigenvalue weighted by Gasteiger charge is -2.09. The van der Waals surface area contributed by atoms with E-state index in [1.54, 1.807) is 6.92 Å².